The molecule has 0 saturated heterocycles. The minimum atomic E-state index is -0.827. The van der Waals surface area contributed by atoms with Gasteiger partial charge in [-0.15, -0.1) is 0 Å². The molecule has 1 atom stereocenters. The molecule has 0 aromatic heterocycles. The van der Waals surface area contributed by atoms with E-state index in [9.17, 15) is 67.4 Å². The van der Waals surface area contributed by atoms with Crippen molar-refractivity contribution in [2.75, 3.05) is 70.3 Å². The molecule has 0 aliphatic carbocycles. The Morgan fingerprint density at radius 2 is 0.839 bits per heavy atom. The Labute approximate surface area is 517 Å². The lowest BCUT2D eigenvalue weighted by Gasteiger charge is -2.30. The van der Waals surface area contributed by atoms with Gasteiger partial charge in [0.2, 0.25) is 5.91 Å². The second-order valence-corrected chi connectivity index (χ2v) is 22.7. The molecule has 31 heteroatoms. The highest BCUT2D eigenvalue weighted by atomic mass is 32.2. The molecule has 7 N–H and O–H groups in total. The number of carbonyl (C=O) groups excluding carboxylic acids is 13. The Morgan fingerprint density at radius 3 is 1.16 bits per heavy atom. The van der Waals surface area contributed by atoms with Crippen LogP contribution in [0.4, 0.5) is 19.2 Å². The summed E-state index contributed by atoms with van der Waals surface area (Å²) < 4.78 is 0. The molecule has 4 heterocycles. The molecule has 462 valence electrons. The van der Waals surface area contributed by atoms with E-state index in [-0.39, 0.29) is 47.0 Å². The van der Waals surface area contributed by atoms with Gasteiger partial charge >= 0.3 is 15.7 Å². The summed E-state index contributed by atoms with van der Waals surface area (Å²) >= 11 is 3.98. The van der Waals surface area contributed by atoms with Crippen LogP contribution in [0.15, 0.2) is 102 Å². The number of aliphatic hydroxyl groups is 1. The number of guanidine groups is 1. The minimum Gasteiger partial charge on any atom is -0.379 e. The highest BCUT2D eigenvalue weighted by molar-refractivity contribution is 8.14. The van der Waals surface area contributed by atoms with Crippen molar-refractivity contribution in [3.8, 4) is 0 Å². The highest BCUT2D eigenvalue weighted by Gasteiger charge is 2.44. The van der Waals surface area contributed by atoms with E-state index in [1.54, 1.807) is 106 Å². The highest BCUT2D eigenvalue weighted by Crippen LogP contribution is 2.30. The molecule has 4 aromatic carbocycles. The number of hydrogen-bond donors (Lipinski definition) is 6. The number of hydrazine groups is 4. The molecular formula is C56H65N13O14S4. The molecule has 4 aliphatic rings. The molecule has 4 aromatic rings. The number of aliphatic imine (C=N–C) groups is 1. The fourth-order valence-corrected chi connectivity index (χ4v) is 10.3. The van der Waals surface area contributed by atoms with Crippen LogP contribution in [0.25, 0.3) is 0 Å². The molecule has 27 nitrogen and oxygen atoms in total. The third kappa shape index (κ3) is 16.9. The van der Waals surface area contributed by atoms with E-state index >= 15 is 0 Å². The number of carbonyl (C=O) groups is 13. The fourth-order valence-electron chi connectivity index (χ4n) is 8.22. The lowest BCUT2D eigenvalue weighted by atomic mass is 10.1. The van der Waals surface area contributed by atoms with E-state index in [0.717, 1.165) is 77.1 Å². The topological polar surface area (TPSA) is 351 Å². The van der Waals surface area contributed by atoms with Gasteiger partial charge in [-0.25, -0.2) is 20.5 Å². The maximum atomic E-state index is 12.6. The van der Waals surface area contributed by atoms with Crippen LogP contribution in [0.1, 0.15) is 123 Å². The lowest BCUT2D eigenvalue weighted by molar-refractivity contribution is -0.122. The molecule has 8 rings (SSSR count). The van der Waals surface area contributed by atoms with E-state index in [4.69, 9.17) is 5.73 Å². The van der Waals surface area contributed by atoms with Gasteiger partial charge < -0.3 is 21.5 Å². The SMILES string of the molecule is CCSC(=O)N(CC(=O)NC)N1C(=O)c2ccccc2C1=O.CCSC(=O)N(CCC(O)NC)N1C(=O)c2ccccc2C1=O.CCSC(=O)N(CCCNC(N)=NC)N1C(=O)c2ccccc2C1=O.CCSC(=O)NN1C(=O)c2ccccc2C1=O. The molecule has 0 radical (unpaired) electrons. The van der Waals surface area contributed by atoms with Gasteiger partial charge in [0.25, 0.3) is 52.5 Å². The predicted molar refractivity (Wildman–Crippen MR) is 329 cm³/mol. The number of nitrogens with zero attached hydrogens (tertiary/aromatic N) is 8. The van der Waals surface area contributed by atoms with Crippen LogP contribution in [0, 0.1) is 0 Å². The van der Waals surface area contributed by atoms with Crippen LogP contribution < -0.4 is 27.1 Å². The Kier molecular flexibility index (Phi) is 26.5. The normalized spacial score (nSPS) is 13.9. The second kappa shape index (κ2) is 33.3. The maximum absolute atomic E-state index is 12.6. The quantitative estimate of drug-likeness (QED) is 0.0239. The molecular weight excluding hydrogens is 1210 g/mol. The Bertz CT molecular complexity index is 3200. The molecule has 1 unspecified atom stereocenters. The Hall–Kier alpha value is -8.62. The summed E-state index contributed by atoms with van der Waals surface area (Å²) in [5.41, 5.74) is 10.1. The predicted octanol–water partition coefficient (Wildman–Crippen LogP) is 5.38. The van der Waals surface area contributed by atoms with E-state index in [0.29, 0.717) is 64.2 Å². The zero-order chi connectivity index (χ0) is 64.1. The van der Waals surface area contributed by atoms with E-state index in [2.05, 4.69) is 26.4 Å². The number of hydrogen-bond acceptors (Lipinski definition) is 20. The third-order valence-electron chi connectivity index (χ3n) is 12.4. The first-order valence-electron chi connectivity index (χ1n) is 26.9. The van der Waals surface area contributed by atoms with Crippen molar-refractivity contribution >= 4 is 127 Å². The third-order valence-corrected chi connectivity index (χ3v) is 15.2. The van der Waals surface area contributed by atoms with Crippen molar-refractivity contribution in [2.24, 2.45) is 10.7 Å². The van der Waals surface area contributed by atoms with Crippen molar-refractivity contribution in [1.29, 1.82) is 0 Å². The maximum Gasteiger partial charge on any atom is 0.301 e. The largest absolute Gasteiger partial charge is 0.379 e. The van der Waals surface area contributed by atoms with Crippen molar-refractivity contribution in [3.05, 3.63) is 142 Å². The summed E-state index contributed by atoms with van der Waals surface area (Å²) in [5.74, 6) is -2.25. The molecule has 0 saturated carbocycles. The number of likely N-dealkylation sites (N-methyl/N-ethyl adjacent to an activating group) is 1. The Balaban J connectivity index is 0.000000213. The summed E-state index contributed by atoms with van der Waals surface area (Å²) in [6.45, 7) is 7.56. The number of nitrogens with two attached hydrogens (primary N) is 1. The average molecular weight is 1270 g/mol. The standard InChI is InChI=1S/C16H21N5O3S.C15H19N3O4S.C14H15N3O4S.C11H10N2O3S/c1-3-25-16(24)20(10-6-9-19-15(17)18-2)21-13(22)11-7-4-5-8-12(11)14(21)23;1-3-23-15(22)17(9-8-12(19)16-2)18-13(20)10-6-4-5-7-11(10)14(18)21;1-3-22-14(21)16(8-11(18)15-2)17-12(19)9-6-4-5-7-10(9)13(17)20;1-2-17-11(16)12-13-9(14)7-5-3-4-6-8(7)10(13)15/h4-5,7-8H,3,6,9-10H2,1-2H3,(H3,17,18,19);4-7,12,16,19H,3,8-9H2,1-2H3;4-7H,3,8H2,1-2H3,(H,15,18);3-6H,2H2,1H3,(H,12,16). The number of thioether (sulfide) groups is 4. The fraction of sp³-hybridized carbons (Fsp3) is 0.321. The van der Waals surface area contributed by atoms with Crippen LogP contribution in [0.3, 0.4) is 0 Å². The smallest absolute Gasteiger partial charge is 0.301 e. The van der Waals surface area contributed by atoms with Gasteiger partial charge in [0, 0.05) is 40.2 Å². The number of nitrogens with one attached hydrogen (secondary N) is 4. The van der Waals surface area contributed by atoms with Crippen LogP contribution in [-0.4, -0.2) is 197 Å². The summed E-state index contributed by atoms with van der Waals surface area (Å²) in [6, 6.07) is 25.8. The van der Waals surface area contributed by atoms with Crippen molar-refractivity contribution in [1.82, 2.24) is 56.4 Å². The van der Waals surface area contributed by atoms with Gasteiger partial charge in [0.05, 0.1) is 44.5 Å². The number of imide groups is 4. The number of benzene rings is 4. The van der Waals surface area contributed by atoms with Gasteiger partial charge in [0.15, 0.2) is 5.96 Å². The summed E-state index contributed by atoms with van der Waals surface area (Å²) in [6.07, 6.45) is -0.133. The molecule has 4 aliphatic heterocycles. The number of fused-ring (bicyclic) bond motifs is 4. The molecule has 0 spiro atoms. The van der Waals surface area contributed by atoms with Crippen LogP contribution in [0.2, 0.25) is 0 Å². The minimum absolute atomic E-state index is 0.0549. The molecule has 87 heavy (non-hydrogen) atoms. The zero-order valence-corrected chi connectivity index (χ0v) is 51.7. The second-order valence-electron chi connectivity index (χ2n) is 17.8. The van der Waals surface area contributed by atoms with E-state index in [1.807, 2.05) is 20.8 Å². The number of aliphatic hydroxyl groups excluding tert-OH is 1. The number of rotatable bonds is 18. The van der Waals surface area contributed by atoms with Gasteiger partial charge in [-0.05, 0) is 85.0 Å². The van der Waals surface area contributed by atoms with Gasteiger partial charge in [-0.1, -0.05) is 123 Å². The number of amides is 13. The van der Waals surface area contributed by atoms with Crippen LogP contribution >= 0.6 is 47.0 Å². The van der Waals surface area contributed by atoms with E-state index < -0.39 is 81.7 Å². The van der Waals surface area contributed by atoms with Crippen LogP contribution in [-0.2, 0) is 4.79 Å². The average Bonchev–Trinajstić information content (AvgIpc) is 1.73. The van der Waals surface area contributed by atoms with Gasteiger partial charge in [-0.3, -0.25) is 72.6 Å². The summed E-state index contributed by atoms with van der Waals surface area (Å²) in [7, 11) is 4.56. The Morgan fingerprint density at radius 1 is 0.517 bits per heavy atom. The molecule has 0 fully saturated rings. The molecule has 0 bridgehead atoms. The summed E-state index contributed by atoms with van der Waals surface area (Å²) in [4.78, 5) is 162. The zero-order valence-electron chi connectivity index (χ0n) is 48.4. The summed E-state index contributed by atoms with van der Waals surface area (Å²) in [5, 5.41) is 22.4. The first-order valence-corrected chi connectivity index (χ1v) is 30.8. The van der Waals surface area contributed by atoms with Gasteiger partial charge in [0.1, 0.15) is 12.8 Å². The first-order chi connectivity index (χ1) is 41.7. The van der Waals surface area contributed by atoms with Crippen molar-refractivity contribution in [2.45, 2.75) is 46.8 Å². The lowest BCUT2D eigenvalue weighted by Crippen LogP contribution is -2.51. The first kappa shape index (κ1) is 69.2. The monoisotopic (exact) mass is 1270 g/mol. The van der Waals surface area contributed by atoms with Gasteiger partial charge in [-0.2, -0.15) is 20.0 Å². The van der Waals surface area contributed by atoms with Crippen molar-refractivity contribution < 1.29 is 67.4 Å². The van der Waals surface area contributed by atoms with Crippen LogP contribution in [0.5, 0.6) is 0 Å². The van der Waals surface area contributed by atoms with Crippen molar-refractivity contribution in [3.63, 3.8) is 0 Å². The molecule has 13 amide bonds. The van der Waals surface area contributed by atoms with E-state index in [1.165, 1.54) is 24.2 Å².